The van der Waals surface area contributed by atoms with Gasteiger partial charge in [-0.1, -0.05) is 24.3 Å². The van der Waals surface area contributed by atoms with E-state index < -0.39 is 5.97 Å². The quantitative estimate of drug-likeness (QED) is 0.840. The Hall–Kier alpha value is -1.94. The second-order valence-electron chi connectivity index (χ2n) is 4.63. The molecule has 2 N–H and O–H groups in total. The van der Waals surface area contributed by atoms with E-state index in [0.29, 0.717) is 13.1 Å². The third-order valence-electron chi connectivity index (χ3n) is 3.59. The smallest absolute Gasteiger partial charge is 0.308 e. The number of fused-ring (bicyclic) bond motifs is 1. The van der Waals surface area contributed by atoms with Gasteiger partial charge in [0.25, 0.3) is 0 Å². The summed E-state index contributed by atoms with van der Waals surface area (Å²) in [6.07, 6.45) is 1.76. The van der Waals surface area contributed by atoms with Gasteiger partial charge in [0.1, 0.15) is 0 Å². The van der Waals surface area contributed by atoms with E-state index in [2.05, 4.69) is 10.3 Å². The molecule has 0 aliphatic carbocycles. The molecule has 0 spiro atoms. The minimum atomic E-state index is -0.750. The fourth-order valence-corrected chi connectivity index (χ4v) is 2.66. The van der Waals surface area contributed by atoms with Crippen molar-refractivity contribution in [3.05, 3.63) is 42.2 Å². The monoisotopic (exact) mass is 242 g/mol. The highest BCUT2D eigenvalue weighted by Gasteiger charge is 2.35. The first-order chi connectivity index (χ1) is 8.77. The van der Waals surface area contributed by atoms with E-state index >= 15 is 0 Å². The molecule has 1 fully saturated rings. The minimum Gasteiger partial charge on any atom is -0.481 e. The summed E-state index contributed by atoms with van der Waals surface area (Å²) in [6.45, 7) is 1.20. The van der Waals surface area contributed by atoms with Crippen LogP contribution in [0.15, 0.2) is 36.5 Å². The van der Waals surface area contributed by atoms with Gasteiger partial charge < -0.3 is 10.4 Å². The zero-order chi connectivity index (χ0) is 12.5. The molecular weight excluding hydrogens is 228 g/mol. The van der Waals surface area contributed by atoms with Gasteiger partial charge >= 0.3 is 5.97 Å². The van der Waals surface area contributed by atoms with E-state index in [1.165, 1.54) is 0 Å². The van der Waals surface area contributed by atoms with E-state index in [1.807, 2.05) is 30.3 Å². The largest absolute Gasteiger partial charge is 0.481 e. The number of carboxylic acid groups (broad SMARTS) is 1. The molecule has 2 atom stereocenters. The van der Waals surface area contributed by atoms with E-state index in [-0.39, 0.29) is 11.8 Å². The maximum absolute atomic E-state index is 11.3. The Bertz CT molecular complexity index is 592. The van der Waals surface area contributed by atoms with E-state index in [1.54, 1.807) is 6.20 Å². The molecule has 2 aromatic rings. The zero-order valence-corrected chi connectivity index (χ0v) is 9.84. The Kier molecular flexibility index (Phi) is 2.72. The SMILES string of the molecule is O=C(O)C1CNCC1c1nccc2ccccc12. The van der Waals surface area contributed by atoms with Crippen molar-refractivity contribution >= 4 is 16.7 Å². The summed E-state index contributed by atoms with van der Waals surface area (Å²) in [4.78, 5) is 15.7. The van der Waals surface area contributed by atoms with Crippen molar-refractivity contribution < 1.29 is 9.90 Å². The van der Waals surface area contributed by atoms with Crippen molar-refractivity contribution in [3.63, 3.8) is 0 Å². The fraction of sp³-hybridized carbons (Fsp3) is 0.286. The molecule has 4 heteroatoms. The van der Waals surface area contributed by atoms with Crippen LogP contribution in [0.4, 0.5) is 0 Å². The number of aliphatic carboxylic acids is 1. The molecular formula is C14H14N2O2. The van der Waals surface area contributed by atoms with Crippen LogP contribution in [0, 0.1) is 5.92 Å². The van der Waals surface area contributed by atoms with Crippen LogP contribution >= 0.6 is 0 Å². The van der Waals surface area contributed by atoms with Crippen LogP contribution in [0.25, 0.3) is 10.8 Å². The van der Waals surface area contributed by atoms with Gasteiger partial charge in [-0.2, -0.15) is 0 Å². The number of benzene rings is 1. The molecule has 1 aromatic heterocycles. The van der Waals surface area contributed by atoms with E-state index in [9.17, 15) is 9.90 Å². The molecule has 1 saturated heterocycles. The van der Waals surface area contributed by atoms with Crippen LogP contribution in [-0.2, 0) is 4.79 Å². The van der Waals surface area contributed by atoms with Gasteiger partial charge in [0.2, 0.25) is 0 Å². The first-order valence-corrected chi connectivity index (χ1v) is 6.04. The summed E-state index contributed by atoms with van der Waals surface area (Å²) in [6, 6.07) is 9.93. The Morgan fingerprint density at radius 3 is 2.94 bits per heavy atom. The fourth-order valence-electron chi connectivity index (χ4n) is 2.66. The zero-order valence-electron chi connectivity index (χ0n) is 9.84. The molecule has 2 unspecified atom stereocenters. The second kappa shape index (κ2) is 4.38. The number of carbonyl (C=O) groups is 1. The lowest BCUT2D eigenvalue weighted by atomic mass is 9.90. The highest BCUT2D eigenvalue weighted by Crippen LogP contribution is 2.31. The van der Waals surface area contributed by atoms with Crippen LogP contribution < -0.4 is 5.32 Å². The lowest BCUT2D eigenvalue weighted by Crippen LogP contribution is -2.21. The second-order valence-corrected chi connectivity index (χ2v) is 4.63. The number of nitrogens with zero attached hydrogens (tertiary/aromatic N) is 1. The number of aromatic nitrogens is 1. The number of rotatable bonds is 2. The first-order valence-electron chi connectivity index (χ1n) is 6.04. The molecule has 1 aliphatic heterocycles. The van der Waals surface area contributed by atoms with Gasteiger partial charge in [0.05, 0.1) is 11.6 Å². The van der Waals surface area contributed by atoms with Gasteiger partial charge in [-0.3, -0.25) is 9.78 Å². The number of hydrogen-bond acceptors (Lipinski definition) is 3. The molecule has 2 heterocycles. The highest BCUT2D eigenvalue weighted by molar-refractivity contribution is 5.85. The van der Waals surface area contributed by atoms with Crippen LogP contribution in [0.5, 0.6) is 0 Å². The maximum atomic E-state index is 11.3. The molecule has 0 amide bonds. The third kappa shape index (κ3) is 1.75. The first kappa shape index (κ1) is 11.2. The normalized spacial score (nSPS) is 23.3. The van der Waals surface area contributed by atoms with Gasteiger partial charge in [-0.15, -0.1) is 0 Å². The van der Waals surface area contributed by atoms with Gasteiger partial charge in [0.15, 0.2) is 0 Å². The summed E-state index contributed by atoms with van der Waals surface area (Å²) in [7, 11) is 0. The van der Waals surface area contributed by atoms with Crippen LogP contribution in [0.1, 0.15) is 11.6 Å². The summed E-state index contributed by atoms with van der Waals surface area (Å²) in [5, 5.41) is 14.6. The molecule has 0 bridgehead atoms. The minimum absolute atomic E-state index is 0.0476. The van der Waals surface area contributed by atoms with Crippen molar-refractivity contribution in [1.29, 1.82) is 0 Å². The molecule has 1 aliphatic rings. The van der Waals surface area contributed by atoms with E-state index in [4.69, 9.17) is 0 Å². The Labute approximate surface area is 105 Å². The highest BCUT2D eigenvalue weighted by atomic mass is 16.4. The van der Waals surface area contributed by atoms with Crippen molar-refractivity contribution in [2.45, 2.75) is 5.92 Å². The Balaban J connectivity index is 2.11. The number of carboxylic acids is 1. The molecule has 18 heavy (non-hydrogen) atoms. The van der Waals surface area contributed by atoms with Gasteiger partial charge in [-0.25, -0.2) is 0 Å². The molecule has 3 rings (SSSR count). The number of hydrogen-bond donors (Lipinski definition) is 2. The third-order valence-corrected chi connectivity index (χ3v) is 3.59. The van der Waals surface area contributed by atoms with Gasteiger partial charge in [-0.05, 0) is 11.5 Å². The lowest BCUT2D eigenvalue weighted by Gasteiger charge is -2.16. The summed E-state index contributed by atoms with van der Waals surface area (Å²) < 4.78 is 0. The Morgan fingerprint density at radius 2 is 2.11 bits per heavy atom. The topological polar surface area (TPSA) is 62.2 Å². The van der Waals surface area contributed by atoms with Crippen molar-refractivity contribution in [1.82, 2.24) is 10.3 Å². The molecule has 0 saturated carbocycles. The predicted octanol–water partition coefficient (Wildman–Crippen LogP) is 1.62. The predicted molar refractivity (Wildman–Crippen MR) is 68.5 cm³/mol. The standard InChI is InChI=1S/C14H14N2O2/c17-14(18)12-8-15-7-11(12)13-10-4-2-1-3-9(10)5-6-16-13/h1-6,11-12,15H,7-8H2,(H,17,18). The number of nitrogens with one attached hydrogen (secondary N) is 1. The average Bonchev–Trinajstić information content (AvgIpc) is 2.87. The molecule has 0 radical (unpaired) electrons. The van der Waals surface area contributed by atoms with Crippen molar-refractivity contribution in [3.8, 4) is 0 Å². The van der Waals surface area contributed by atoms with Crippen molar-refractivity contribution in [2.75, 3.05) is 13.1 Å². The summed E-state index contributed by atoms with van der Waals surface area (Å²) >= 11 is 0. The van der Waals surface area contributed by atoms with Crippen molar-refractivity contribution in [2.24, 2.45) is 5.92 Å². The Morgan fingerprint density at radius 1 is 1.28 bits per heavy atom. The summed E-state index contributed by atoms with van der Waals surface area (Å²) in [5.41, 5.74) is 0.894. The maximum Gasteiger partial charge on any atom is 0.308 e. The van der Waals surface area contributed by atoms with Crippen LogP contribution in [-0.4, -0.2) is 29.1 Å². The molecule has 4 nitrogen and oxygen atoms in total. The summed E-state index contributed by atoms with van der Waals surface area (Å²) in [5.74, 6) is -1.18. The molecule has 1 aromatic carbocycles. The molecule has 92 valence electrons. The van der Waals surface area contributed by atoms with E-state index in [0.717, 1.165) is 16.5 Å². The average molecular weight is 242 g/mol. The van der Waals surface area contributed by atoms with Crippen LogP contribution in [0.3, 0.4) is 0 Å². The van der Waals surface area contributed by atoms with Gasteiger partial charge in [0, 0.05) is 30.6 Å². The number of pyridine rings is 1. The van der Waals surface area contributed by atoms with Crippen LogP contribution in [0.2, 0.25) is 0 Å². The lowest BCUT2D eigenvalue weighted by molar-refractivity contribution is -0.141.